The molecule has 3 aromatic rings. The molecule has 0 radical (unpaired) electrons. The van der Waals surface area contributed by atoms with E-state index in [1.807, 2.05) is 6.07 Å². The molecule has 30 heavy (non-hydrogen) atoms. The van der Waals surface area contributed by atoms with Gasteiger partial charge in [-0.1, -0.05) is 18.2 Å². The summed E-state index contributed by atoms with van der Waals surface area (Å²) in [6.07, 6.45) is 3.14. The van der Waals surface area contributed by atoms with Gasteiger partial charge in [0.2, 0.25) is 0 Å². The molecule has 0 spiro atoms. The Kier molecular flexibility index (Phi) is 8.97. The highest BCUT2D eigenvalue weighted by Gasteiger charge is 2.07. The number of hydrogen-bond acceptors (Lipinski definition) is 3. The molecule has 8 heteroatoms. The van der Waals surface area contributed by atoms with Gasteiger partial charge in [-0.25, -0.2) is 8.78 Å². The van der Waals surface area contributed by atoms with Crippen molar-refractivity contribution < 1.29 is 13.5 Å². The Morgan fingerprint density at radius 3 is 2.23 bits per heavy atom. The lowest BCUT2D eigenvalue weighted by atomic mass is 10.1. The third-order valence-electron chi connectivity index (χ3n) is 4.24. The van der Waals surface area contributed by atoms with Crippen molar-refractivity contribution in [3.8, 4) is 11.5 Å². The summed E-state index contributed by atoms with van der Waals surface area (Å²) in [4.78, 5) is 8.07. The first-order valence-electron chi connectivity index (χ1n) is 9.11. The van der Waals surface area contributed by atoms with Crippen molar-refractivity contribution >= 4 is 29.9 Å². The SMILES string of the molecule is CN=C(NCc1ccc(C)c(F)c1)NCc1ccc(Oc2cccnc2)c(F)c1.I. The molecule has 0 amide bonds. The molecule has 158 valence electrons. The Hall–Kier alpha value is -2.75. The summed E-state index contributed by atoms with van der Waals surface area (Å²) in [6, 6.07) is 13.3. The zero-order valence-electron chi connectivity index (χ0n) is 16.7. The van der Waals surface area contributed by atoms with Gasteiger partial charge in [-0.2, -0.15) is 0 Å². The first kappa shape index (κ1) is 23.5. The van der Waals surface area contributed by atoms with Crippen LogP contribution in [0.5, 0.6) is 11.5 Å². The van der Waals surface area contributed by atoms with Crippen molar-refractivity contribution in [2.75, 3.05) is 7.05 Å². The highest BCUT2D eigenvalue weighted by atomic mass is 127. The summed E-state index contributed by atoms with van der Waals surface area (Å²) in [5.74, 6) is 0.421. The van der Waals surface area contributed by atoms with E-state index in [9.17, 15) is 8.78 Å². The lowest BCUT2D eigenvalue weighted by Gasteiger charge is -2.13. The molecule has 1 heterocycles. The highest BCUT2D eigenvalue weighted by Crippen LogP contribution is 2.24. The second-order valence-electron chi connectivity index (χ2n) is 6.42. The van der Waals surface area contributed by atoms with Gasteiger partial charge in [0.25, 0.3) is 0 Å². The van der Waals surface area contributed by atoms with Crippen LogP contribution in [-0.4, -0.2) is 18.0 Å². The molecule has 1 aromatic heterocycles. The lowest BCUT2D eigenvalue weighted by Crippen LogP contribution is -2.36. The molecule has 5 nitrogen and oxygen atoms in total. The van der Waals surface area contributed by atoms with E-state index < -0.39 is 5.82 Å². The zero-order valence-corrected chi connectivity index (χ0v) is 19.0. The first-order chi connectivity index (χ1) is 14.0. The maximum Gasteiger partial charge on any atom is 0.191 e. The average Bonchev–Trinajstić information content (AvgIpc) is 2.73. The number of halogens is 3. The Labute approximate surface area is 191 Å². The molecular formula is C22H23F2IN4O. The third kappa shape index (κ3) is 6.65. The maximum absolute atomic E-state index is 14.3. The van der Waals surface area contributed by atoms with Gasteiger partial charge in [-0.05, 0) is 53.9 Å². The van der Waals surface area contributed by atoms with Crippen molar-refractivity contribution in [3.05, 3.63) is 89.2 Å². The van der Waals surface area contributed by atoms with E-state index in [2.05, 4.69) is 20.6 Å². The van der Waals surface area contributed by atoms with Gasteiger partial charge in [0.15, 0.2) is 17.5 Å². The summed E-state index contributed by atoms with van der Waals surface area (Å²) in [6.45, 7) is 2.51. The smallest absolute Gasteiger partial charge is 0.191 e. The fourth-order valence-corrected chi connectivity index (χ4v) is 2.61. The fraction of sp³-hybridized carbons (Fsp3) is 0.182. The minimum atomic E-state index is -0.466. The molecule has 0 aliphatic carbocycles. The van der Waals surface area contributed by atoms with Gasteiger partial charge in [0.1, 0.15) is 11.6 Å². The van der Waals surface area contributed by atoms with E-state index in [0.29, 0.717) is 30.4 Å². The summed E-state index contributed by atoms with van der Waals surface area (Å²) < 4.78 is 33.5. The summed E-state index contributed by atoms with van der Waals surface area (Å²) in [7, 11) is 1.64. The molecule has 0 saturated heterocycles. The molecule has 0 unspecified atom stereocenters. The van der Waals surface area contributed by atoms with E-state index >= 15 is 0 Å². The predicted molar refractivity (Wildman–Crippen MR) is 124 cm³/mol. The van der Waals surface area contributed by atoms with Crippen LogP contribution in [0.2, 0.25) is 0 Å². The molecule has 3 rings (SSSR count). The number of hydrogen-bond donors (Lipinski definition) is 2. The number of nitrogens with zero attached hydrogens (tertiary/aromatic N) is 2. The zero-order chi connectivity index (χ0) is 20.6. The van der Waals surface area contributed by atoms with E-state index in [-0.39, 0.29) is 35.5 Å². The second kappa shape index (κ2) is 11.4. The van der Waals surface area contributed by atoms with Crippen LogP contribution in [0.1, 0.15) is 16.7 Å². The lowest BCUT2D eigenvalue weighted by molar-refractivity contribution is 0.440. The third-order valence-corrected chi connectivity index (χ3v) is 4.24. The molecule has 0 aliphatic heterocycles. The van der Waals surface area contributed by atoms with Gasteiger partial charge in [-0.15, -0.1) is 24.0 Å². The quantitative estimate of drug-likeness (QED) is 0.273. The van der Waals surface area contributed by atoms with E-state index in [0.717, 1.165) is 11.1 Å². The molecular weight excluding hydrogens is 501 g/mol. The van der Waals surface area contributed by atoms with Crippen molar-refractivity contribution in [1.82, 2.24) is 15.6 Å². The number of nitrogens with one attached hydrogen (secondary N) is 2. The molecule has 0 atom stereocenters. The Bertz CT molecular complexity index is 1000. The van der Waals surface area contributed by atoms with Gasteiger partial charge in [0, 0.05) is 26.3 Å². The first-order valence-corrected chi connectivity index (χ1v) is 9.11. The number of ether oxygens (including phenoxy) is 1. The number of benzene rings is 2. The number of aliphatic imine (C=N–C) groups is 1. The van der Waals surface area contributed by atoms with Crippen LogP contribution in [0.4, 0.5) is 8.78 Å². The standard InChI is InChI=1S/C22H22F2N4O.HI/c1-15-5-6-16(10-19(15)23)12-27-22(25-2)28-13-17-7-8-21(20(24)11-17)29-18-4-3-9-26-14-18;/h3-11,14H,12-13H2,1-2H3,(H2,25,27,28);1H. The summed E-state index contributed by atoms with van der Waals surface area (Å²) in [5.41, 5.74) is 2.14. The maximum atomic E-state index is 14.3. The largest absolute Gasteiger partial charge is 0.453 e. The monoisotopic (exact) mass is 524 g/mol. The molecule has 0 fully saturated rings. The average molecular weight is 524 g/mol. The van der Waals surface area contributed by atoms with Crippen LogP contribution < -0.4 is 15.4 Å². The molecule has 0 bridgehead atoms. The molecule has 2 N–H and O–H groups in total. The molecule has 0 aliphatic rings. The van der Waals surface area contributed by atoms with Crippen LogP contribution in [0.15, 0.2) is 65.9 Å². The topological polar surface area (TPSA) is 58.5 Å². The van der Waals surface area contributed by atoms with Crippen molar-refractivity contribution in [2.45, 2.75) is 20.0 Å². The van der Waals surface area contributed by atoms with Crippen molar-refractivity contribution in [3.63, 3.8) is 0 Å². The number of pyridine rings is 1. The van der Waals surface area contributed by atoms with Crippen LogP contribution in [0, 0.1) is 18.6 Å². The molecule has 0 saturated carbocycles. The summed E-state index contributed by atoms with van der Waals surface area (Å²) >= 11 is 0. The van der Waals surface area contributed by atoms with Crippen molar-refractivity contribution in [2.24, 2.45) is 4.99 Å². The van der Waals surface area contributed by atoms with Gasteiger partial charge in [0.05, 0.1) is 6.20 Å². The van der Waals surface area contributed by atoms with Gasteiger partial charge >= 0.3 is 0 Å². The Morgan fingerprint density at radius 2 is 1.67 bits per heavy atom. The minimum absolute atomic E-state index is 0. The van der Waals surface area contributed by atoms with E-state index in [1.165, 1.54) is 18.3 Å². The van der Waals surface area contributed by atoms with Gasteiger partial charge < -0.3 is 15.4 Å². The molecule has 2 aromatic carbocycles. The van der Waals surface area contributed by atoms with E-state index in [4.69, 9.17) is 4.74 Å². The number of aromatic nitrogens is 1. The highest BCUT2D eigenvalue weighted by molar-refractivity contribution is 14.0. The summed E-state index contributed by atoms with van der Waals surface area (Å²) in [5, 5.41) is 6.21. The number of guanidine groups is 1. The fourth-order valence-electron chi connectivity index (χ4n) is 2.61. The Morgan fingerprint density at radius 1 is 1.00 bits per heavy atom. The van der Waals surface area contributed by atoms with Gasteiger partial charge in [-0.3, -0.25) is 9.98 Å². The van der Waals surface area contributed by atoms with Crippen LogP contribution >= 0.6 is 24.0 Å². The number of aryl methyl sites for hydroxylation is 1. The minimum Gasteiger partial charge on any atom is -0.453 e. The van der Waals surface area contributed by atoms with Crippen LogP contribution in [0.3, 0.4) is 0 Å². The second-order valence-corrected chi connectivity index (χ2v) is 6.42. The predicted octanol–water partition coefficient (Wildman–Crippen LogP) is 4.94. The Balaban J connectivity index is 0.00000320. The number of rotatable bonds is 6. The van der Waals surface area contributed by atoms with Crippen molar-refractivity contribution in [1.29, 1.82) is 0 Å². The van der Waals surface area contributed by atoms with Crippen LogP contribution in [-0.2, 0) is 13.1 Å². The normalized spacial score (nSPS) is 10.9. The van der Waals surface area contributed by atoms with Crippen LogP contribution in [0.25, 0.3) is 0 Å². The van der Waals surface area contributed by atoms with E-state index in [1.54, 1.807) is 50.5 Å².